The predicted octanol–water partition coefficient (Wildman–Crippen LogP) is -0.0539. The van der Waals surface area contributed by atoms with E-state index in [4.69, 9.17) is 5.11 Å². The van der Waals surface area contributed by atoms with Crippen LogP contribution in [0.4, 0.5) is 4.79 Å². The Morgan fingerprint density at radius 1 is 1.33 bits per heavy atom. The fourth-order valence-corrected chi connectivity index (χ4v) is 3.10. The van der Waals surface area contributed by atoms with Gasteiger partial charge in [0.1, 0.15) is 6.04 Å². The van der Waals surface area contributed by atoms with Gasteiger partial charge in [-0.15, -0.1) is 0 Å². The third kappa shape index (κ3) is 3.85. The molecule has 0 aromatic heterocycles. The summed E-state index contributed by atoms with van der Waals surface area (Å²) in [5, 5.41) is 21.5. The third-order valence-electron chi connectivity index (χ3n) is 4.41. The SMILES string of the molecule is CC(C)N1CCC(CNC(=O)N2C[C@@H](O)C[C@H]2C(=O)O)C1. The van der Waals surface area contributed by atoms with E-state index in [2.05, 4.69) is 24.1 Å². The molecule has 3 atom stereocenters. The molecule has 0 aliphatic carbocycles. The minimum atomic E-state index is -1.06. The van der Waals surface area contributed by atoms with E-state index in [1.165, 1.54) is 4.90 Å². The highest BCUT2D eigenvalue weighted by Gasteiger charge is 2.39. The van der Waals surface area contributed by atoms with Gasteiger partial charge >= 0.3 is 12.0 Å². The zero-order valence-corrected chi connectivity index (χ0v) is 12.7. The van der Waals surface area contributed by atoms with E-state index in [0.717, 1.165) is 19.5 Å². The van der Waals surface area contributed by atoms with Gasteiger partial charge in [-0.25, -0.2) is 9.59 Å². The number of amides is 2. The standard InChI is InChI=1S/C14H25N3O4/c1-9(2)16-4-3-10(7-16)6-15-14(21)17-8-11(18)5-12(17)13(19)20/h9-12,18H,3-8H2,1-2H3,(H,15,21)(H,19,20)/t10?,11-,12-/m0/s1. The smallest absolute Gasteiger partial charge is 0.326 e. The summed E-state index contributed by atoms with van der Waals surface area (Å²) >= 11 is 0. The molecule has 21 heavy (non-hydrogen) atoms. The molecule has 120 valence electrons. The van der Waals surface area contributed by atoms with Gasteiger partial charge in [-0.3, -0.25) is 0 Å². The second kappa shape index (κ2) is 6.62. The number of hydrogen-bond acceptors (Lipinski definition) is 4. The predicted molar refractivity (Wildman–Crippen MR) is 77.0 cm³/mol. The number of aliphatic hydroxyl groups is 1. The van der Waals surface area contributed by atoms with Crippen molar-refractivity contribution in [1.82, 2.24) is 15.1 Å². The zero-order valence-electron chi connectivity index (χ0n) is 12.7. The van der Waals surface area contributed by atoms with Crippen molar-refractivity contribution in [3.8, 4) is 0 Å². The molecule has 7 heteroatoms. The van der Waals surface area contributed by atoms with E-state index < -0.39 is 18.1 Å². The van der Waals surface area contributed by atoms with Crippen LogP contribution in [0.15, 0.2) is 0 Å². The lowest BCUT2D eigenvalue weighted by Crippen LogP contribution is -2.47. The molecule has 2 rings (SSSR count). The van der Waals surface area contributed by atoms with E-state index in [1.807, 2.05) is 0 Å². The second-order valence-corrected chi connectivity index (χ2v) is 6.33. The van der Waals surface area contributed by atoms with E-state index in [-0.39, 0.29) is 19.0 Å². The molecule has 1 unspecified atom stereocenters. The number of rotatable bonds is 4. The van der Waals surface area contributed by atoms with Crippen molar-refractivity contribution < 1.29 is 19.8 Å². The van der Waals surface area contributed by atoms with Crippen LogP contribution in [0, 0.1) is 5.92 Å². The number of urea groups is 1. The molecular weight excluding hydrogens is 274 g/mol. The number of hydrogen-bond donors (Lipinski definition) is 3. The van der Waals surface area contributed by atoms with Crippen LogP contribution in [0.1, 0.15) is 26.7 Å². The fourth-order valence-electron chi connectivity index (χ4n) is 3.10. The number of carboxylic acid groups (broad SMARTS) is 1. The van der Waals surface area contributed by atoms with Crippen molar-refractivity contribution in [3.05, 3.63) is 0 Å². The Kier molecular flexibility index (Phi) is 5.05. The van der Waals surface area contributed by atoms with Crippen LogP contribution in [0.2, 0.25) is 0 Å². The van der Waals surface area contributed by atoms with Crippen molar-refractivity contribution in [2.45, 2.75) is 44.9 Å². The largest absolute Gasteiger partial charge is 0.480 e. The van der Waals surface area contributed by atoms with Crippen molar-refractivity contribution in [3.63, 3.8) is 0 Å². The van der Waals surface area contributed by atoms with Gasteiger partial charge in [-0.2, -0.15) is 0 Å². The van der Waals surface area contributed by atoms with E-state index >= 15 is 0 Å². The van der Waals surface area contributed by atoms with E-state index in [9.17, 15) is 14.7 Å². The molecule has 0 radical (unpaired) electrons. The maximum atomic E-state index is 12.1. The molecular formula is C14H25N3O4. The lowest BCUT2D eigenvalue weighted by atomic mass is 10.1. The Bertz CT molecular complexity index is 402. The molecule has 7 nitrogen and oxygen atoms in total. The minimum Gasteiger partial charge on any atom is -0.480 e. The molecule has 2 heterocycles. The summed E-state index contributed by atoms with van der Waals surface area (Å²) in [5.74, 6) is -0.652. The second-order valence-electron chi connectivity index (χ2n) is 6.33. The lowest BCUT2D eigenvalue weighted by molar-refractivity contribution is -0.141. The molecule has 2 fully saturated rings. The average molecular weight is 299 g/mol. The first-order valence-corrected chi connectivity index (χ1v) is 7.58. The maximum absolute atomic E-state index is 12.1. The highest BCUT2D eigenvalue weighted by atomic mass is 16.4. The Labute approximate surface area is 124 Å². The molecule has 0 aromatic carbocycles. The van der Waals surface area contributed by atoms with Crippen LogP contribution in [0.3, 0.4) is 0 Å². The summed E-state index contributed by atoms with van der Waals surface area (Å²) in [6, 6.07) is -0.798. The molecule has 0 saturated carbocycles. The van der Waals surface area contributed by atoms with Crippen molar-refractivity contribution in [2.24, 2.45) is 5.92 Å². The number of nitrogens with one attached hydrogen (secondary N) is 1. The van der Waals surface area contributed by atoms with Crippen LogP contribution in [-0.2, 0) is 4.79 Å². The van der Waals surface area contributed by atoms with Gasteiger partial charge in [0.2, 0.25) is 0 Å². The number of carbonyl (C=O) groups is 2. The molecule has 0 bridgehead atoms. The van der Waals surface area contributed by atoms with Crippen LogP contribution >= 0.6 is 0 Å². The molecule has 0 aromatic rings. The van der Waals surface area contributed by atoms with Crippen molar-refractivity contribution in [2.75, 3.05) is 26.2 Å². The molecule has 2 aliphatic heterocycles. The van der Waals surface area contributed by atoms with Crippen LogP contribution in [-0.4, -0.2) is 76.4 Å². The fraction of sp³-hybridized carbons (Fsp3) is 0.857. The van der Waals surface area contributed by atoms with Gasteiger partial charge in [-0.05, 0) is 32.7 Å². The van der Waals surface area contributed by atoms with Crippen molar-refractivity contribution >= 4 is 12.0 Å². The Hall–Kier alpha value is -1.34. The van der Waals surface area contributed by atoms with Crippen LogP contribution in [0.5, 0.6) is 0 Å². The number of nitrogens with zero attached hydrogens (tertiary/aromatic N) is 2. The molecule has 2 saturated heterocycles. The number of carbonyl (C=O) groups excluding carboxylic acids is 1. The first-order chi connectivity index (χ1) is 9.88. The average Bonchev–Trinajstić information content (AvgIpc) is 3.02. The van der Waals surface area contributed by atoms with E-state index in [0.29, 0.717) is 18.5 Å². The summed E-state index contributed by atoms with van der Waals surface area (Å²) in [6.07, 6.45) is 0.399. The van der Waals surface area contributed by atoms with Gasteiger partial charge in [0.25, 0.3) is 0 Å². The summed E-state index contributed by atoms with van der Waals surface area (Å²) in [7, 11) is 0. The monoisotopic (exact) mass is 299 g/mol. The van der Waals surface area contributed by atoms with E-state index in [1.54, 1.807) is 0 Å². The van der Waals surface area contributed by atoms with Gasteiger partial charge in [0, 0.05) is 32.1 Å². The highest BCUT2D eigenvalue weighted by Crippen LogP contribution is 2.20. The molecule has 2 amide bonds. The summed E-state index contributed by atoms with van der Waals surface area (Å²) in [6.45, 7) is 6.96. The lowest BCUT2D eigenvalue weighted by Gasteiger charge is -2.23. The minimum absolute atomic E-state index is 0.0889. The van der Waals surface area contributed by atoms with Gasteiger partial charge < -0.3 is 25.3 Å². The quantitative estimate of drug-likeness (QED) is 0.676. The van der Waals surface area contributed by atoms with Crippen LogP contribution in [0.25, 0.3) is 0 Å². The summed E-state index contributed by atoms with van der Waals surface area (Å²) in [5.41, 5.74) is 0. The van der Waals surface area contributed by atoms with Crippen LogP contribution < -0.4 is 5.32 Å². The molecule has 0 spiro atoms. The molecule has 2 aliphatic rings. The topological polar surface area (TPSA) is 93.1 Å². The maximum Gasteiger partial charge on any atom is 0.326 e. The third-order valence-corrected chi connectivity index (χ3v) is 4.41. The summed E-state index contributed by atoms with van der Waals surface area (Å²) < 4.78 is 0. The van der Waals surface area contributed by atoms with Gasteiger partial charge in [0.05, 0.1) is 6.10 Å². The Balaban J connectivity index is 1.81. The normalized spacial score (nSPS) is 30.1. The first-order valence-electron chi connectivity index (χ1n) is 7.58. The highest BCUT2D eigenvalue weighted by molar-refractivity contribution is 5.83. The summed E-state index contributed by atoms with van der Waals surface area (Å²) in [4.78, 5) is 26.8. The number of aliphatic carboxylic acids is 1. The number of carboxylic acids is 1. The Morgan fingerprint density at radius 2 is 2.05 bits per heavy atom. The van der Waals surface area contributed by atoms with Gasteiger partial charge in [0.15, 0.2) is 0 Å². The molecule has 3 N–H and O–H groups in total. The number of likely N-dealkylation sites (tertiary alicyclic amines) is 2. The zero-order chi connectivity index (χ0) is 15.6. The first kappa shape index (κ1) is 16.0. The Morgan fingerprint density at radius 3 is 2.62 bits per heavy atom. The number of β-amino-alcohol motifs (C(OH)–C–C–N with tert-alkyl or cyclic N) is 1. The van der Waals surface area contributed by atoms with Gasteiger partial charge in [-0.1, -0.05) is 0 Å². The number of aliphatic hydroxyl groups excluding tert-OH is 1. The van der Waals surface area contributed by atoms with Crippen molar-refractivity contribution in [1.29, 1.82) is 0 Å².